The average Bonchev–Trinajstić information content (AvgIpc) is 3.09. The molecule has 0 saturated heterocycles. The summed E-state index contributed by atoms with van der Waals surface area (Å²) in [6, 6.07) is 2.46. The van der Waals surface area contributed by atoms with E-state index in [1.54, 1.807) is 0 Å². The molecule has 0 amide bonds. The van der Waals surface area contributed by atoms with Crippen molar-refractivity contribution in [2.45, 2.75) is 53.0 Å². The Morgan fingerprint density at radius 3 is 2.46 bits per heavy atom. The summed E-state index contributed by atoms with van der Waals surface area (Å²) in [7, 11) is 1.90. The smallest absolute Gasteiger partial charge is 0.187 e. The normalized spacial score (nSPS) is 14.3. The molecule has 0 atom stereocenters. The maximum Gasteiger partial charge on any atom is 0.187 e. The van der Waals surface area contributed by atoms with Crippen LogP contribution in [0.5, 0.6) is 0 Å². The largest absolute Gasteiger partial charge is 0.292 e. The van der Waals surface area contributed by atoms with Crippen LogP contribution in [-0.2, 0) is 4.79 Å². The third-order valence-corrected chi connectivity index (χ3v) is 4.95. The summed E-state index contributed by atoms with van der Waals surface area (Å²) in [6.07, 6.45) is 9.75. The minimum absolute atomic E-state index is 0.367. The number of hydrogen-bond acceptors (Lipinski definition) is 4. The molecule has 0 aliphatic heterocycles. The zero-order valence-corrected chi connectivity index (χ0v) is 17.4. The fourth-order valence-electron chi connectivity index (χ4n) is 3.07. The second-order valence-electron chi connectivity index (χ2n) is 7.32. The number of allylic oxidation sites excluding steroid dienone is 1. The van der Waals surface area contributed by atoms with Crippen LogP contribution in [0.3, 0.4) is 0 Å². The number of pyridine rings is 1. The number of aryl methyl sites for hydroxylation is 1. The predicted molar refractivity (Wildman–Crippen MR) is 111 cm³/mol. The van der Waals surface area contributed by atoms with Crippen LogP contribution in [0.15, 0.2) is 42.1 Å². The van der Waals surface area contributed by atoms with Crippen molar-refractivity contribution >= 4 is 11.5 Å². The van der Waals surface area contributed by atoms with E-state index in [0.717, 1.165) is 18.2 Å². The van der Waals surface area contributed by atoms with Crippen molar-refractivity contribution < 1.29 is 9.18 Å². The highest BCUT2D eigenvalue weighted by Crippen LogP contribution is 2.35. The monoisotopic (exact) mass is 384 g/mol. The molecule has 1 aliphatic rings. The fourth-order valence-corrected chi connectivity index (χ4v) is 3.07. The number of aromatic nitrogens is 3. The zero-order valence-electron chi connectivity index (χ0n) is 17.4. The minimum Gasteiger partial charge on any atom is -0.292 e. The van der Waals surface area contributed by atoms with Gasteiger partial charge in [0.1, 0.15) is 0 Å². The molecule has 6 heteroatoms. The first-order valence-corrected chi connectivity index (χ1v) is 9.58. The maximum atomic E-state index is 11.3. The lowest BCUT2D eigenvalue weighted by molar-refractivity contribution is -0.114. The third-order valence-electron chi connectivity index (χ3n) is 4.95. The second kappa shape index (κ2) is 9.53. The lowest BCUT2D eigenvalue weighted by Gasteiger charge is -2.28. The Bertz CT molecular complexity index is 866. The molecule has 3 rings (SSSR count). The van der Waals surface area contributed by atoms with Gasteiger partial charge in [-0.25, -0.2) is 4.39 Å². The number of rotatable bonds is 5. The Hall–Kier alpha value is -2.63. The van der Waals surface area contributed by atoms with Gasteiger partial charge < -0.3 is 0 Å². The Morgan fingerprint density at radius 2 is 2.04 bits per heavy atom. The summed E-state index contributed by atoms with van der Waals surface area (Å²) in [4.78, 5) is 18.8. The van der Waals surface area contributed by atoms with Gasteiger partial charge in [0.25, 0.3) is 0 Å². The molecule has 28 heavy (non-hydrogen) atoms. The first kappa shape index (κ1) is 21.7. The van der Waals surface area contributed by atoms with E-state index in [9.17, 15) is 9.18 Å². The zero-order chi connectivity index (χ0) is 20.8. The van der Waals surface area contributed by atoms with Gasteiger partial charge in [0.15, 0.2) is 11.6 Å². The summed E-state index contributed by atoms with van der Waals surface area (Å²) in [5, 5.41) is 4.48. The molecule has 2 aromatic heterocycles. The highest BCUT2D eigenvalue weighted by Gasteiger charge is 2.27. The average molecular weight is 384 g/mol. The molecule has 0 N–H and O–H groups in total. The number of halogens is 1. The van der Waals surface area contributed by atoms with Crippen molar-refractivity contribution in [1.29, 1.82) is 0 Å². The SMILES string of the molecule is C=C(F)C(C)=O.CN=C(c1c(-c2cnn(C(C)C)c2)ccnc1C)C1CCC1. The molecule has 1 aliphatic carbocycles. The number of Topliss-reactive ketones (excluding diaryl/α,β-unsaturated/α-hetero) is 1. The number of hydrogen-bond donors (Lipinski definition) is 0. The lowest BCUT2D eigenvalue weighted by atomic mass is 9.77. The quantitative estimate of drug-likeness (QED) is 0.531. The van der Waals surface area contributed by atoms with Crippen molar-refractivity contribution in [2.75, 3.05) is 7.05 Å². The molecule has 2 aromatic rings. The third kappa shape index (κ3) is 5.00. The Kier molecular flexibility index (Phi) is 7.38. The first-order chi connectivity index (χ1) is 13.3. The molecule has 0 unspecified atom stereocenters. The van der Waals surface area contributed by atoms with Crippen LogP contribution in [0.4, 0.5) is 4.39 Å². The van der Waals surface area contributed by atoms with E-state index in [1.807, 2.05) is 24.1 Å². The Balaban J connectivity index is 0.000000409. The topological polar surface area (TPSA) is 60.1 Å². The van der Waals surface area contributed by atoms with E-state index in [0.29, 0.717) is 12.0 Å². The van der Waals surface area contributed by atoms with Gasteiger partial charge in [-0.2, -0.15) is 5.10 Å². The molecule has 0 aromatic carbocycles. The van der Waals surface area contributed by atoms with E-state index in [2.05, 4.69) is 54.7 Å². The van der Waals surface area contributed by atoms with Crippen molar-refractivity contribution in [3.05, 3.63) is 48.3 Å². The summed E-state index contributed by atoms with van der Waals surface area (Å²) in [5.41, 5.74) is 5.83. The van der Waals surface area contributed by atoms with Gasteiger partial charge in [0, 0.05) is 60.9 Å². The van der Waals surface area contributed by atoms with Crippen LogP contribution in [0.25, 0.3) is 11.1 Å². The van der Waals surface area contributed by atoms with Gasteiger partial charge in [-0.1, -0.05) is 13.0 Å². The highest BCUT2D eigenvalue weighted by atomic mass is 19.1. The Morgan fingerprint density at radius 1 is 1.39 bits per heavy atom. The molecular formula is C22H29FN4O. The van der Waals surface area contributed by atoms with E-state index in [4.69, 9.17) is 0 Å². The second-order valence-corrected chi connectivity index (χ2v) is 7.32. The molecular weight excluding hydrogens is 355 g/mol. The van der Waals surface area contributed by atoms with E-state index >= 15 is 0 Å². The standard InChI is InChI=1S/C18H24N4.C4H5FO/c1-12(2)22-11-15(10-21-22)16-8-9-20-13(3)17(16)18(19-4)14-6-5-7-14;1-3(5)4(2)6/h8-12,14H,5-7H2,1-4H3;1H2,2H3. The summed E-state index contributed by atoms with van der Waals surface area (Å²) in [6.45, 7) is 10.2. The maximum absolute atomic E-state index is 11.3. The first-order valence-electron chi connectivity index (χ1n) is 9.58. The molecule has 1 saturated carbocycles. The van der Waals surface area contributed by atoms with Crippen LogP contribution in [0, 0.1) is 12.8 Å². The number of carbonyl (C=O) groups is 1. The number of aliphatic imine (C=N–C) groups is 1. The van der Waals surface area contributed by atoms with Crippen LogP contribution in [0.1, 0.15) is 57.3 Å². The van der Waals surface area contributed by atoms with E-state index < -0.39 is 11.6 Å². The van der Waals surface area contributed by atoms with Crippen LogP contribution < -0.4 is 0 Å². The molecule has 0 radical (unpaired) electrons. The van der Waals surface area contributed by atoms with Gasteiger partial charge in [-0.15, -0.1) is 0 Å². The lowest BCUT2D eigenvalue weighted by Crippen LogP contribution is -2.24. The van der Waals surface area contributed by atoms with Crippen molar-refractivity contribution in [1.82, 2.24) is 14.8 Å². The summed E-state index contributed by atoms with van der Waals surface area (Å²) >= 11 is 0. The van der Waals surface area contributed by atoms with Crippen molar-refractivity contribution in [3.8, 4) is 11.1 Å². The van der Waals surface area contributed by atoms with Crippen molar-refractivity contribution in [2.24, 2.45) is 10.9 Å². The van der Waals surface area contributed by atoms with Gasteiger partial charge in [-0.3, -0.25) is 19.5 Å². The Labute approximate surface area is 166 Å². The predicted octanol–water partition coefficient (Wildman–Crippen LogP) is 5.11. The molecule has 2 heterocycles. The minimum atomic E-state index is -0.880. The van der Waals surface area contributed by atoms with Gasteiger partial charge in [0.05, 0.1) is 6.20 Å². The van der Waals surface area contributed by atoms with Gasteiger partial charge in [-0.05, 0) is 45.2 Å². The molecule has 1 fully saturated rings. The number of nitrogens with zero attached hydrogens (tertiary/aromatic N) is 4. The van der Waals surface area contributed by atoms with Crippen LogP contribution in [-0.4, -0.2) is 33.3 Å². The molecule has 150 valence electrons. The van der Waals surface area contributed by atoms with Crippen molar-refractivity contribution in [3.63, 3.8) is 0 Å². The van der Waals surface area contributed by atoms with E-state index in [1.165, 1.54) is 36.1 Å². The summed E-state index contributed by atoms with van der Waals surface area (Å²) in [5.74, 6) is -0.892. The number of ketones is 1. The summed E-state index contributed by atoms with van der Waals surface area (Å²) < 4.78 is 13.3. The van der Waals surface area contributed by atoms with Crippen LogP contribution >= 0.6 is 0 Å². The highest BCUT2D eigenvalue weighted by molar-refractivity contribution is 6.08. The van der Waals surface area contributed by atoms with Gasteiger partial charge >= 0.3 is 0 Å². The molecule has 0 spiro atoms. The van der Waals surface area contributed by atoms with E-state index in [-0.39, 0.29) is 0 Å². The van der Waals surface area contributed by atoms with Gasteiger partial charge in [0.2, 0.25) is 0 Å². The molecule has 5 nitrogen and oxygen atoms in total. The van der Waals surface area contributed by atoms with Crippen LogP contribution in [0.2, 0.25) is 0 Å². The fraction of sp³-hybridized carbons (Fsp3) is 0.455. The molecule has 0 bridgehead atoms. The number of carbonyl (C=O) groups excluding carboxylic acids is 1.